The standard InChI is InChI=1S/C20H19N3S/c21-20(24)18-11-12-22-13-19(18)23(14-16-7-3-1-4-8-16)15-17-9-5-2-6-10-17/h1-13H,14-15H2,(H2,21,24). The van der Waals surface area contributed by atoms with Gasteiger partial charge in [0.1, 0.15) is 4.99 Å². The Kier molecular flexibility index (Phi) is 5.18. The molecule has 0 aliphatic heterocycles. The first-order valence-electron chi connectivity index (χ1n) is 7.80. The van der Waals surface area contributed by atoms with E-state index in [1.807, 2.05) is 48.7 Å². The highest BCUT2D eigenvalue weighted by molar-refractivity contribution is 7.80. The molecule has 2 aromatic carbocycles. The predicted octanol–water partition coefficient (Wildman–Crippen LogP) is 3.92. The Hall–Kier alpha value is -2.72. The summed E-state index contributed by atoms with van der Waals surface area (Å²) in [5.74, 6) is 0. The van der Waals surface area contributed by atoms with Crippen LogP contribution in [0.15, 0.2) is 79.1 Å². The third-order valence-electron chi connectivity index (χ3n) is 3.84. The number of hydrogen-bond acceptors (Lipinski definition) is 3. The van der Waals surface area contributed by atoms with Gasteiger partial charge in [0.15, 0.2) is 0 Å². The third-order valence-corrected chi connectivity index (χ3v) is 4.06. The molecule has 0 aliphatic carbocycles. The average Bonchev–Trinajstić information content (AvgIpc) is 2.63. The largest absolute Gasteiger partial charge is 0.389 e. The van der Waals surface area contributed by atoms with Crippen molar-refractivity contribution in [2.24, 2.45) is 5.73 Å². The minimum atomic E-state index is 0.388. The molecule has 1 aromatic heterocycles. The van der Waals surface area contributed by atoms with Crippen LogP contribution in [-0.4, -0.2) is 9.97 Å². The molecule has 4 heteroatoms. The van der Waals surface area contributed by atoms with Crippen LogP contribution in [0.25, 0.3) is 0 Å². The summed E-state index contributed by atoms with van der Waals surface area (Å²) in [6.45, 7) is 1.52. The topological polar surface area (TPSA) is 42.1 Å². The normalized spacial score (nSPS) is 10.3. The lowest BCUT2D eigenvalue weighted by molar-refractivity contribution is 0.796. The van der Waals surface area contributed by atoms with E-state index in [2.05, 4.69) is 34.1 Å². The van der Waals surface area contributed by atoms with Gasteiger partial charge in [-0.25, -0.2) is 0 Å². The molecule has 0 fully saturated rings. The van der Waals surface area contributed by atoms with Gasteiger partial charge in [-0.2, -0.15) is 0 Å². The molecule has 0 aliphatic rings. The Balaban J connectivity index is 1.97. The molecule has 0 amide bonds. The zero-order chi connectivity index (χ0) is 16.8. The van der Waals surface area contributed by atoms with Crippen molar-refractivity contribution in [1.82, 2.24) is 4.98 Å². The van der Waals surface area contributed by atoms with Gasteiger partial charge in [0, 0.05) is 24.8 Å². The maximum absolute atomic E-state index is 5.92. The van der Waals surface area contributed by atoms with Crippen molar-refractivity contribution in [1.29, 1.82) is 0 Å². The van der Waals surface area contributed by atoms with E-state index in [0.717, 1.165) is 24.3 Å². The van der Waals surface area contributed by atoms with Gasteiger partial charge >= 0.3 is 0 Å². The third kappa shape index (κ3) is 3.97. The minimum absolute atomic E-state index is 0.388. The molecule has 120 valence electrons. The number of nitrogens with zero attached hydrogens (tertiary/aromatic N) is 2. The zero-order valence-corrected chi connectivity index (χ0v) is 14.1. The van der Waals surface area contributed by atoms with Gasteiger partial charge in [0.2, 0.25) is 0 Å². The number of aromatic nitrogens is 1. The van der Waals surface area contributed by atoms with Gasteiger partial charge < -0.3 is 10.6 Å². The van der Waals surface area contributed by atoms with Crippen LogP contribution in [0.1, 0.15) is 16.7 Å². The zero-order valence-electron chi connectivity index (χ0n) is 13.3. The van der Waals surface area contributed by atoms with Crippen molar-refractivity contribution in [3.63, 3.8) is 0 Å². The monoisotopic (exact) mass is 333 g/mol. The van der Waals surface area contributed by atoms with Crippen LogP contribution in [0.4, 0.5) is 5.69 Å². The van der Waals surface area contributed by atoms with Gasteiger partial charge in [-0.05, 0) is 17.2 Å². The fraction of sp³-hybridized carbons (Fsp3) is 0.100. The van der Waals surface area contributed by atoms with Crippen molar-refractivity contribution in [3.05, 3.63) is 95.8 Å². The smallest absolute Gasteiger partial charge is 0.106 e. The Morgan fingerprint density at radius 2 is 1.42 bits per heavy atom. The second-order valence-electron chi connectivity index (χ2n) is 5.58. The first-order chi connectivity index (χ1) is 11.7. The van der Waals surface area contributed by atoms with Gasteiger partial charge in [0.25, 0.3) is 0 Å². The molecule has 1 heterocycles. The van der Waals surface area contributed by atoms with Gasteiger partial charge in [0.05, 0.1) is 11.9 Å². The maximum atomic E-state index is 5.92. The summed E-state index contributed by atoms with van der Waals surface area (Å²) in [7, 11) is 0. The number of nitrogens with two attached hydrogens (primary N) is 1. The number of benzene rings is 2. The molecule has 0 spiro atoms. The van der Waals surface area contributed by atoms with Crippen LogP contribution in [0.2, 0.25) is 0 Å². The van der Waals surface area contributed by atoms with E-state index in [1.54, 1.807) is 6.20 Å². The van der Waals surface area contributed by atoms with Crippen molar-refractivity contribution in [3.8, 4) is 0 Å². The lowest BCUT2D eigenvalue weighted by Gasteiger charge is -2.27. The van der Waals surface area contributed by atoms with E-state index in [9.17, 15) is 0 Å². The lowest BCUT2D eigenvalue weighted by Crippen LogP contribution is -2.25. The molecule has 0 atom stereocenters. The van der Waals surface area contributed by atoms with Gasteiger partial charge in [-0.3, -0.25) is 4.98 Å². The second kappa shape index (κ2) is 7.70. The van der Waals surface area contributed by atoms with Crippen LogP contribution in [0, 0.1) is 0 Å². The highest BCUT2D eigenvalue weighted by atomic mass is 32.1. The summed E-state index contributed by atoms with van der Waals surface area (Å²) < 4.78 is 0. The van der Waals surface area contributed by atoms with E-state index in [1.165, 1.54) is 11.1 Å². The SMILES string of the molecule is NC(=S)c1ccncc1N(Cc1ccccc1)Cc1ccccc1. The van der Waals surface area contributed by atoms with Crippen LogP contribution in [-0.2, 0) is 13.1 Å². The molecule has 0 unspecified atom stereocenters. The maximum Gasteiger partial charge on any atom is 0.106 e. The molecule has 0 saturated carbocycles. The van der Waals surface area contributed by atoms with Crippen LogP contribution in [0.3, 0.4) is 0 Å². The quantitative estimate of drug-likeness (QED) is 0.694. The Bertz CT molecular complexity index is 762. The number of pyridine rings is 1. The lowest BCUT2D eigenvalue weighted by atomic mass is 10.1. The van der Waals surface area contributed by atoms with Crippen LogP contribution in [0.5, 0.6) is 0 Å². The average molecular weight is 333 g/mol. The fourth-order valence-electron chi connectivity index (χ4n) is 2.68. The number of thiocarbonyl (C=S) groups is 1. The second-order valence-corrected chi connectivity index (χ2v) is 6.02. The molecule has 24 heavy (non-hydrogen) atoms. The van der Waals surface area contributed by atoms with Crippen molar-refractivity contribution < 1.29 is 0 Å². The van der Waals surface area contributed by atoms with Gasteiger partial charge in [-0.15, -0.1) is 0 Å². The molecule has 0 saturated heterocycles. The fourth-order valence-corrected chi connectivity index (χ4v) is 2.85. The van der Waals surface area contributed by atoms with Crippen molar-refractivity contribution in [2.45, 2.75) is 13.1 Å². The Morgan fingerprint density at radius 3 is 1.92 bits per heavy atom. The van der Waals surface area contributed by atoms with Crippen molar-refractivity contribution in [2.75, 3.05) is 4.90 Å². The van der Waals surface area contributed by atoms with E-state index >= 15 is 0 Å². The summed E-state index contributed by atoms with van der Waals surface area (Å²) in [6, 6.07) is 22.6. The predicted molar refractivity (Wildman–Crippen MR) is 103 cm³/mol. The van der Waals surface area contributed by atoms with E-state index in [4.69, 9.17) is 18.0 Å². The van der Waals surface area contributed by atoms with Gasteiger partial charge in [-0.1, -0.05) is 72.9 Å². The first-order valence-corrected chi connectivity index (χ1v) is 8.21. The molecule has 3 aromatic rings. The summed E-state index contributed by atoms with van der Waals surface area (Å²) in [5.41, 5.74) is 10.2. The molecule has 3 rings (SSSR count). The van der Waals surface area contributed by atoms with E-state index in [-0.39, 0.29) is 0 Å². The molecule has 0 bridgehead atoms. The first kappa shape index (κ1) is 16.1. The Labute approximate surface area is 147 Å². The molecule has 2 N–H and O–H groups in total. The number of hydrogen-bond donors (Lipinski definition) is 1. The number of rotatable bonds is 6. The molecular formula is C20H19N3S. The minimum Gasteiger partial charge on any atom is -0.389 e. The van der Waals surface area contributed by atoms with Crippen molar-refractivity contribution >= 4 is 22.9 Å². The number of anilines is 1. The van der Waals surface area contributed by atoms with E-state index in [0.29, 0.717) is 4.99 Å². The highest BCUT2D eigenvalue weighted by Gasteiger charge is 2.14. The van der Waals surface area contributed by atoms with E-state index < -0.39 is 0 Å². The van der Waals surface area contributed by atoms with Crippen LogP contribution >= 0.6 is 12.2 Å². The summed E-state index contributed by atoms with van der Waals surface area (Å²) in [5, 5.41) is 0. The molecular weight excluding hydrogens is 314 g/mol. The highest BCUT2D eigenvalue weighted by Crippen LogP contribution is 2.23. The summed E-state index contributed by atoms with van der Waals surface area (Å²) >= 11 is 5.22. The molecule has 3 nitrogen and oxygen atoms in total. The summed E-state index contributed by atoms with van der Waals surface area (Å²) in [4.78, 5) is 6.92. The summed E-state index contributed by atoms with van der Waals surface area (Å²) in [6.07, 6.45) is 3.56. The molecule has 0 radical (unpaired) electrons. The van der Waals surface area contributed by atoms with Crippen LogP contribution < -0.4 is 10.6 Å². The Morgan fingerprint density at radius 1 is 0.875 bits per heavy atom.